The van der Waals surface area contributed by atoms with Crippen LogP contribution < -0.4 is 5.32 Å². The summed E-state index contributed by atoms with van der Waals surface area (Å²) in [6.07, 6.45) is 2.95. The Kier molecular flexibility index (Phi) is 6.88. The second-order valence-corrected chi connectivity index (χ2v) is 9.75. The van der Waals surface area contributed by atoms with E-state index in [0.29, 0.717) is 56.3 Å². The highest BCUT2D eigenvalue weighted by molar-refractivity contribution is 6.30. The molecule has 2 aliphatic heterocycles. The number of imidazole rings is 1. The smallest absolute Gasteiger partial charge is 0.274 e. The molecule has 5 rings (SSSR count). The van der Waals surface area contributed by atoms with Gasteiger partial charge in [0.2, 0.25) is 5.91 Å². The molecule has 0 aliphatic carbocycles. The normalized spacial score (nSPS) is 18.2. The zero-order valence-corrected chi connectivity index (χ0v) is 20.5. The molecular formula is C27H29ClN4O3. The van der Waals surface area contributed by atoms with Crippen molar-refractivity contribution < 1.29 is 14.3 Å². The molecule has 1 fully saturated rings. The molecular weight excluding hydrogens is 464 g/mol. The Hall–Kier alpha value is -3.16. The molecule has 1 aromatic heterocycles. The zero-order chi connectivity index (χ0) is 24.4. The maximum atomic E-state index is 13.2. The van der Waals surface area contributed by atoms with Gasteiger partial charge in [-0.3, -0.25) is 9.59 Å². The molecule has 0 radical (unpaired) electrons. The number of halogens is 1. The number of carbonyl (C=O) groups is 2. The summed E-state index contributed by atoms with van der Waals surface area (Å²) in [7, 11) is 0. The molecule has 2 aliphatic rings. The van der Waals surface area contributed by atoms with Gasteiger partial charge in [-0.15, -0.1) is 0 Å². The molecule has 1 N–H and O–H groups in total. The SMILES string of the molecule is Cc1ccc(C2Cn3cnc(C(=O)N4CCC(C(=O)NCc5cccc(Cl)c5)CC4)c3CO2)cc1. The van der Waals surface area contributed by atoms with E-state index < -0.39 is 0 Å². The number of benzene rings is 2. The number of fused-ring (bicyclic) bond motifs is 1. The van der Waals surface area contributed by atoms with Crippen LogP contribution in [-0.4, -0.2) is 39.4 Å². The lowest BCUT2D eigenvalue weighted by Gasteiger charge is -2.31. The second kappa shape index (κ2) is 10.2. The fraction of sp³-hybridized carbons (Fsp3) is 0.370. The molecule has 0 spiro atoms. The van der Waals surface area contributed by atoms with Crippen LogP contribution in [0.1, 0.15) is 51.8 Å². The number of nitrogens with zero attached hydrogens (tertiary/aromatic N) is 3. The largest absolute Gasteiger partial charge is 0.365 e. The van der Waals surface area contributed by atoms with Crippen LogP contribution in [0.4, 0.5) is 0 Å². The van der Waals surface area contributed by atoms with E-state index in [2.05, 4.69) is 41.5 Å². The van der Waals surface area contributed by atoms with Crippen molar-refractivity contribution >= 4 is 23.4 Å². The van der Waals surface area contributed by atoms with E-state index in [1.807, 2.05) is 28.8 Å². The summed E-state index contributed by atoms with van der Waals surface area (Å²) in [4.78, 5) is 32.1. The van der Waals surface area contributed by atoms with Crippen LogP contribution in [0, 0.1) is 12.8 Å². The first kappa shape index (κ1) is 23.6. The second-order valence-electron chi connectivity index (χ2n) is 9.32. The van der Waals surface area contributed by atoms with Gasteiger partial charge >= 0.3 is 0 Å². The number of ether oxygens (including phenoxy) is 1. The van der Waals surface area contributed by atoms with Gasteiger partial charge in [-0.05, 0) is 43.0 Å². The number of amides is 2. The molecule has 1 unspecified atom stereocenters. The molecule has 3 aromatic rings. The fourth-order valence-electron chi connectivity index (χ4n) is 4.76. The Bertz CT molecular complexity index is 1220. The summed E-state index contributed by atoms with van der Waals surface area (Å²) in [5.41, 5.74) is 4.58. The van der Waals surface area contributed by atoms with Gasteiger partial charge < -0.3 is 19.5 Å². The van der Waals surface area contributed by atoms with Crippen LogP contribution in [0.5, 0.6) is 0 Å². The number of rotatable bonds is 5. The van der Waals surface area contributed by atoms with E-state index in [0.717, 1.165) is 16.8 Å². The molecule has 0 saturated carbocycles. The lowest BCUT2D eigenvalue weighted by atomic mass is 9.95. The molecule has 35 heavy (non-hydrogen) atoms. The van der Waals surface area contributed by atoms with Crippen molar-refractivity contribution in [1.82, 2.24) is 19.8 Å². The van der Waals surface area contributed by atoms with Gasteiger partial charge in [0, 0.05) is 30.6 Å². The highest BCUT2D eigenvalue weighted by Gasteiger charge is 2.32. The number of hydrogen-bond donors (Lipinski definition) is 1. The molecule has 2 amide bonds. The van der Waals surface area contributed by atoms with Gasteiger partial charge in [0.25, 0.3) is 5.91 Å². The van der Waals surface area contributed by atoms with Crippen LogP contribution >= 0.6 is 11.6 Å². The van der Waals surface area contributed by atoms with Crippen LogP contribution in [0.2, 0.25) is 5.02 Å². The number of nitrogens with one attached hydrogen (secondary N) is 1. The summed E-state index contributed by atoms with van der Waals surface area (Å²) in [5, 5.41) is 3.65. The van der Waals surface area contributed by atoms with E-state index in [9.17, 15) is 9.59 Å². The Morgan fingerprint density at radius 1 is 1.14 bits per heavy atom. The fourth-order valence-corrected chi connectivity index (χ4v) is 4.98. The van der Waals surface area contributed by atoms with Crippen LogP contribution in [-0.2, 0) is 29.2 Å². The summed E-state index contributed by atoms with van der Waals surface area (Å²) in [6, 6.07) is 15.8. The maximum Gasteiger partial charge on any atom is 0.274 e. The highest BCUT2D eigenvalue weighted by atomic mass is 35.5. The van der Waals surface area contributed by atoms with Gasteiger partial charge in [-0.25, -0.2) is 4.98 Å². The minimum Gasteiger partial charge on any atom is -0.365 e. The third-order valence-electron chi connectivity index (χ3n) is 6.89. The molecule has 182 valence electrons. The van der Waals surface area contributed by atoms with Gasteiger partial charge in [0.15, 0.2) is 5.69 Å². The average molecular weight is 493 g/mol. The summed E-state index contributed by atoms with van der Waals surface area (Å²) in [5.74, 6) is -0.173. The predicted molar refractivity (Wildman–Crippen MR) is 133 cm³/mol. The first-order chi connectivity index (χ1) is 17.0. The highest BCUT2D eigenvalue weighted by Crippen LogP contribution is 2.29. The Morgan fingerprint density at radius 2 is 1.91 bits per heavy atom. The van der Waals surface area contributed by atoms with Crippen LogP contribution in [0.3, 0.4) is 0 Å². The van der Waals surface area contributed by atoms with E-state index in [1.54, 1.807) is 11.2 Å². The van der Waals surface area contributed by atoms with Crippen molar-refractivity contribution in [2.24, 2.45) is 5.92 Å². The number of hydrogen-bond acceptors (Lipinski definition) is 4. The van der Waals surface area contributed by atoms with Crippen molar-refractivity contribution in [1.29, 1.82) is 0 Å². The molecule has 3 heterocycles. The Labute approximate surface area is 210 Å². The quantitative estimate of drug-likeness (QED) is 0.576. The van der Waals surface area contributed by atoms with E-state index in [-0.39, 0.29) is 23.8 Å². The predicted octanol–water partition coefficient (Wildman–Crippen LogP) is 4.29. The van der Waals surface area contributed by atoms with Crippen LogP contribution in [0.25, 0.3) is 0 Å². The summed E-state index contributed by atoms with van der Waals surface area (Å²) < 4.78 is 8.12. The standard InChI is InChI=1S/C27H29ClN4O3/c1-18-5-7-20(8-6-18)24-15-32-17-30-25(23(32)16-35-24)27(34)31-11-9-21(10-12-31)26(33)29-14-19-3-2-4-22(28)13-19/h2-8,13,17,21,24H,9-12,14-16H2,1H3,(H,29,33). The van der Waals surface area contributed by atoms with E-state index in [4.69, 9.17) is 16.3 Å². The zero-order valence-electron chi connectivity index (χ0n) is 19.7. The number of carbonyl (C=O) groups excluding carboxylic acids is 2. The van der Waals surface area contributed by atoms with Crippen LogP contribution in [0.15, 0.2) is 54.9 Å². The van der Waals surface area contributed by atoms with Crippen molar-refractivity contribution in [3.63, 3.8) is 0 Å². The monoisotopic (exact) mass is 492 g/mol. The topological polar surface area (TPSA) is 76.5 Å². The lowest BCUT2D eigenvalue weighted by molar-refractivity contribution is -0.126. The first-order valence-electron chi connectivity index (χ1n) is 12.0. The molecule has 7 nitrogen and oxygen atoms in total. The van der Waals surface area contributed by atoms with Gasteiger partial charge in [0.05, 0.1) is 25.2 Å². The van der Waals surface area contributed by atoms with Crippen molar-refractivity contribution in [2.75, 3.05) is 13.1 Å². The number of piperidine rings is 1. The van der Waals surface area contributed by atoms with E-state index in [1.165, 1.54) is 5.56 Å². The van der Waals surface area contributed by atoms with Gasteiger partial charge in [0.1, 0.15) is 6.10 Å². The van der Waals surface area contributed by atoms with E-state index >= 15 is 0 Å². The molecule has 8 heteroatoms. The number of likely N-dealkylation sites (tertiary alicyclic amines) is 1. The van der Waals surface area contributed by atoms with Crippen molar-refractivity contribution in [3.05, 3.63) is 88.0 Å². The number of aryl methyl sites for hydroxylation is 1. The summed E-state index contributed by atoms with van der Waals surface area (Å²) in [6.45, 7) is 4.56. The lowest BCUT2D eigenvalue weighted by Crippen LogP contribution is -2.43. The van der Waals surface area contributed by atoms with Gasteiger partial charge in [-0.1, -0.05) is 53.6 Å². The molecule has 1 saturated heterocycles. The van der Waals surface area contributed by atoms with Crippen molar-refractivity contribution in [2.45, 2.75) is 45.6 Å². The maximum absolute atomic E-state index is 13.2. The minimum atomic E-state index is -0.104. The summed E-state index contributed by atoms with van der Waals surface area (Å²) >= 11 is 6.02. The van der Waals surface area contributed by atoms with Crippen molar-refractivity contribution in [3.8, 4) is 0 Å². The Balaban J connectivity index is 1.15. The minimum absolute atomic E-state index is 0.0204. The number of aromatic nitrogens is 2. The van der Waals surface area contributed by atoms with Gasteiger partial charge in [-0.2, -0.15) is 0 Å². The molecule has 2 aromatic carbocycles. The first-order valence-corrected chi connectivity index (χ1v) is 12.4. The molecule has 1 atom stereocenters. The third-order valence-corrected chi connectivity index (χ3v) is 7.13. The average Bonchev–Trinajstić information content (AvgIpc) is 3.31. The molecule has 0 bridgehead atoms. The third kappa shape index (κ3) is 5.26. The Morgan fingerprint density at radius 3 is 2.66 bits per heavy atom.